The molecule has 0 spiro atoms. The highest BCUT2D eigenvalue weighted by molar-refractivity contribution is 7.09. The zero-order valence-electron chi connectivity index (χ0n) is 11.6. The minimum atomic E-state index is -0.446. The van der Waals surface area contributed by atoms with E-state index < -0.39 is 5.82 Å². The van der Waals surface area contributed by atoms with Crippen molar-refractivity contribution in [2.45, 2.75) is 26.2 Å². The van der Waals surface area contributed by atoms with Crippen molar-refractivity contribution in [3.8, 4) is 0 Å². The molecule has 2 heterocycles. The number of nitrogens with one attached hydrogen (secondary N) is 2. The summed E-state index contributed by atoms with van der Waals surface area (Å²) in [6.07, 6.45) is 3.92. The summed E-state index contributed by atoms with van der Waals surface area (Å²) in [5, 5.41) is 9.02. The van der Waals surface area contributed by atoms with Crippen LogP contribution >= 0.6 is 11.3 Å². The Bertz CT molecular complexity index is 532. The van der Waals surface area contributed by atoms with Gasteiger partial charge in [0.1, 0.15) is 0 Å². The first-order chi connectivity index (χ1) is 9.70. The molecule has 2 aromatic rings. The third kappa shape index (κ3) is 3.86. The monoisotopic (exact) mass is 295 g/mol. The molecule has 0 fully saturated rings. The third-order valence-corrected chi connectivity index (χ3v) is 3.73. The first kappa shape index (κ1) is 14.6. The van der Waals surface area contributed by atoms with Crippen molar-refractivity contribution in [2.24, 2.45) is 0 Å². The van der Waals surface area contributed by atoms with Crippen LogP contribution in [0.2, 0.25) is 0 Å². The largest absolute Gasteiger partial charge is 0.367 e. The van der Waals surface area contributed by atoms with Gasteiger partial charge in [0, 0.05) is 30.6 Å². The lowest BCUT2D eigenvalue weighted by Gasteiger charge is -2.12. The van der Waals surface area contributed by atoms with E-state index in [0.29, 0.717) is 12.5 Å². The maximum atomic E-state index is 13.7. The van der Waals surface area contributed by atoms with Crippen molar-refractivity contribution in [1.29, 1.82) is 0 Å². The summed E-state index contributed by atoms with van der Waals surface area (Å²) in [5.74, 6) is 0.425. The van der Waals surface area contributed by atoms with Crippen molar-refractivity contribution >= 4 is 23.1 Å². The van der Waals surface area contributed by atoms with Crippen LogP contribution in [-0.2, 0) is 0 Å². The first-order valence-electron chi connectivity index (χ1n) is 6.60. The molecule has 0 aliphatic rings. The number of hydrogen-bond acceptors (Lipinski definition) is 6. The van der Waals surface area contributed by atoms with Gasteiger partial charge in [0.2, 0.25) is 5.95 Å². The molecule has 2 rings (SSSR count). The molecule has 0 saturated heterocycles. The highest BCUT2D eigenvalue weighted by Crippen LogP contribution is 2.19. The van der Waals surface area contributed by atoms with E-state index in [1.807, 2.05) is 19.2 Å². The van der Waals surface area contributed by atoms with Gasteiger partial charge in [-0.25, -0.2) is 14.4 Å². The normalized spacial score (nSPS) is 12.2. The molecule has 0 bridgehead atoms. The van der Waals surface area contributed by atoms with Gasteiger partial charge in [0.25, 0.3) is 0 Å². The highest BCUT2D eigenvalue weighted by Gasteiger charge is 2.11. The molecule has 1 unspecified atom stereocenters. The van der Waals surface area contributed by atoms with E-state index >= 15 is 0 Å². The van der Waals surface area contributed by atoms with E-state index in [4.69, 9.17) is 0 Å². The molecule has 0 aliphatic heterocycles. The van der Waals surface area contributed by atoms with Crippen LogP contribution in [0.4, 0.5) is 16.2 Å². The molecule has 2 N–H and O–H groups in total. The molecule has 0 saturated carbocycles. The molecule has 1 atom stereocenters. The minimum Gasteiger partial charge on any atom is -0.367 e. The Morgan fingerprint density at radius 2 is 2.20 bits per heavy atom. The number of aromatic nitrogens is 3. The Balaban J connectivity index is 1.97. The minimum absolute atomic E-state index is 0.205. The van der Waals surface area contributed by atoms with E-state index in [2.05, 4.69) is 25.6 Å². The number of nitrogens with zero attached hydrogens (tertiary/aromatic N) is 3. The SMILES string of the molecule is CCCNc1ncc(F)c(NCC(C)c2nccs2)n1. The fourth-order valence-electron chi connectivity index (χ4n) is 1.63. The van der Waals surface area contributed by atoms with Gasteiger partial charge in [0.05, 0.1) is 11.2 Å². The Morgan fingerprint density at radius 1 is 1.35 bits per heavy atom. The Hall–Kier alpha value is -1.76. The summed E-state index contributed by atoms with van der Waals surface area (Å²) in [6.45, 7) is 5.43. The Kier molecular flexibility index (Phi) is 5.23. The van der Waals surface area contributed by atoms with Gasteiger partial charge in [-0.3, -0.25) is 0 Å². The van der Waals surface area contributed by atoms with Gasteiger partial charge in [-0.15, -0.1) is 11.3 Å². The van der Waals surface area contributed by atoms with Gasteiger partial charge in [0.15, 0.2) is 11.6 Å². The summed E-state index contributed by atoms with van der Waals surface area (Å²) in [4.78, 5) is 12.3. The maximum Gasteiger partial charge on any atom is 0.224 e. The Labute approximate surface area is 121 Å². The number of thiazole rings is 1. The predicted molar refractivity (Wildman–Crippen MR) is 79.8 cm³/mol. The maximum absolute atomic E-state index is 13.7. The van der Waals surface area contributed by atoms with Crippen LogP contribution in [-0.4, -0.2) is 28.0 Å². The Morgan fingerprint density at radius 3 is 2.90 bits per heavy atom. The highest BCUT2D eigenvalue weighted by atomic mass is 32.1. The van der Waals surface area contributed by atoms with Gasteiger partial charge in [-0.05, 0) is 6.42 Å². The van der Waals surface area contributed by atoms with E-state index in [1.165, 1.54) is 6.20 Å². The summed E-state index contributed by atoms with van der Waals surface area (Å²) < 4.78 is 13.7. The number of anilines is 2. The summed E-state index contributed by atoms with van der Waals surface area (Å²) in [7, 11) is 0. The fourth-order valence-corrected chi connectivity index (χ4v) is 2.33. The van der Waals surface area contributed by atoms with E-state index in [0.717, 1.165) is 18.0 Å². The van der Waals surface area contributed by atoms with E-state index in [1.54, 1.807) is 17.5 Å². The molecular formula is C13H18FN5S. The van der Waals surface area contributed by atoms with Gasteiger partial charge in [-0.2, -0.15) is 4.98 Å². The van der Waals surface area contributed by atoms with Crippen LogP contribution in [0, 0.1) is 5.82 Å². The first-order valence-corrected chi connectivity index (χ1v) is 7.48. The molecule has 0 radical (unpaired) electrons. The molecule has 7 heteroatoms. The molecule has 20 heavy (non-hydrogen) atoms. The zero-order chi connectivity index (χ0) is 14.4. The second-order valence-electron chi connectivity index (χ2n) is 4.47. The average molecular weight is 295 g/mol. The molecule has 5 nitrogen and oxygen atoms in total. The molecule has 0 aromatic carbocycles. The molecule has 2 aromatic heterocycles. The van der Waals surface area contributed by atoms with Gasteiger partial charge >= 0.3 is 0 Å². The quantitative estimate of drug-likeness (QED) is 0.822. The van der Waals surface area contributed by atoms with Crippen molar-refractivity contribution in [2.75, 3.05) is 23.7 Å². The second-order valence-corrected chi connectivity index (χ2v) is 5.40. The van der Waals surface area contributed by atoms with Crippen molar-refractivity contribution in [1.82, 2.24) is 15.0 Å². The van der Waals surface area contributed by atoms with Crippen LogP contribution < -0.4 is 10.6 Å². The molecule has 108 valence electrons. The lowest BCUT2D eigenvalue weighted by molar-refractivity contribution is 0.615. The van der Waals surface area contributed by atoms with E-state index in [9.17, 15) is 4.39 Å². The average Bonchev–Trinajstić information content (AvgIpc) is 2.99. The molecule has 0 amide bonds. The van der Waals surface area contributed by atoms with E-state index in [-0.39, 0.29) is 11.7 Å². The predicted octanol–water partition coefficient (Wildman–Crippen LogP) is 3.11. The van der Waals surface area contributed by atoms with Gasteiger partial charge in [-0.1, -0.05) is 13.8 Å². The number of hydrogen-bond donors (Lipinski definition) is 2. The number of halogens is 1. The summed E-state index contributed by atoms with van der Waals surface area (Å²) >= 11 is 1.59. The van der Waals surface area contributed by atoms with Crippen LogP contribution in [0.5, 0.6) is 0 Å². The lowest BCUT2D eigenvalue weighted by Crippen LogP contribution is -2.13. The van der Waals surface area contributed by atoms with Crippen molar-refractivity contribution in [3.63, 3.8) is 0 Å². The van der Waals surface area contributed by atoms with Crippen LogP contribution in [0.15, 0.2) is 17.8 Å². The summed E-state index contributed by atoms with van der Waals surface area (Å²) in [6, 6.07) is 0. The second kappa shape index (κ2) is 7.14. The van der Waals surface area contributed by atoms with Crippen LogP contribution in [0.1, 0.15) is 31.2 Å². The number of rotatable bonds is 7. The van der Waals surface area contributed by atoms with Gasteiger partial charge < -0.3 is 10.6 Å². The zero-order valence-corrected chi connectivity index (χ0v) is 12.4. The topological polar surface area (TPSA) is 62.7 Å². The fraction of sp³-hybridized carbons (Fsp3) is 0.462. The van der Waals surface area contributed by atoms with Crippen molar-refractivity contribution < 1.29 is 4.39 Å². The smallest absolute Gasteiger partial charge is 0.224 e. The lowest BCUT2D eigenvalue weighted by atomic mass is 10.2. The van der Waals surface area contributed by atoms with Crippen molar-refractivity contribution in [3.05, 3.63) is 28.6 Å². The van der Waals surface area contributed by atoms with Crippen LogP contribution in [0.3, 0.4) is 0 Å². The third-order valence-electron chi connectivity index (χ3n) is 2.73. The van der Waals surface area contributed by atoms with Crippen LogP contribution in [0.25, 0.3) is 0 Å². The molecular weight excluding hydrogens is 277 g/mol. The molecule has 0 aliphatic carbocycles. The standard InChI is InChI=1S/C13H18FN5S/c1-3-4-16-13-18-8-10(14)11(19-13)17-7-9(2)12-15-5-6-20-12/h5-6,8-9H,3-4,7H2,1-2H3,(H2,16,17,18,19). The summed E-state index contributed by atoms with van der Waals surface area (Å²) in [5.41, 5.74) is 0.